The zero-order valence-corrected chi connectivity index (χ0v) is 20.6. The zero-order valence-electron chi connectivity index (χ0n) is 19.1. The van der Waals surface area contributed by atoms with Gasteiger partial charge in [0.05, 0.1) is 28.7 Å². The van der Waals surface area contributed by atoms with E-state index in [1.54, 1.807) is 36.4 Å². The van der Waals surface area contributed by atoms with E-state index in [0.29, 0.717) is 23.7 Å². The first kappa shape index (κ1) is 25.6. The number of halogens is 2. The quantitative estimate of drug-likeness (QED) is 0.251. The Labute approximate surface area is 218 Å². The smallest absolute Gasteiger partial charge is 0.338 e. The van der Waals surface area contributed by atoms with Crippen LogP contribution in [0.3, 0.4) is 0 Å². The Morgan fingerprint density at radius 3 is 2.33 bits per heavy atom. The fourth-order valence-corrected chi connectivity index (χ4v) is 4.20. The molecule has 0 bridgehead atoms. The number of hydrogen-bond acceptors (Lipinski definition) is 6. The molecule has 184 valence electrons. The molecule has 0 radical (unpaired) electrons. The Hall–Kier alpha value is -3.52. The van der Waals surface area contributed by atoms with Crippen molar-refractivity contribution in [3.05, 3.63) is 99.5 Å². The summed E-state index contributed by atoms with van der Waals surface area (Å²) in [5.41, 5.74) is 1.87. The van der Waals surface area contributed by atoms with Gasteiger partial charge in [0.25, 0.3) is 5.91 Å². The minimum absolute atomic E-state index is 0.0490. The summed E-state index contributed by atoms with van der Waals surface area (Å²) in [7, 11) is 0. The molecule has 0 saturated carbocycles. The lowest BCUT2D eigenvalue weighted by molar-refractivity contribution is -0.121. The molecule has 1 atom stereocenters. The highest BCUT2D eigenvalue weighted by molar-refractivity contribution is 6.34. The van der Waals surface area contributed by atoms with Crippen LogP contribution in [0.25, 0.3) is 0 Å². The number of Topliss-reactive ketones (excluding diaryl/α,β-unsaturated/α-hetero) is 1. The number of nitrogens with one attached hydrogen (secondary N) is 1. The topological polar surface area (TPSA) is 92.8 Å². The fraction of sp³-hybridized carbons (Fsp3) is 0.185. The van der Waals surface area contributed by atoms with Crippen LogP contribution in [0.4, 0.5) is 5.69 Å². The number of rotatable bonds is 9. The summed E-state index contributed by atoms with van der Waals surface area (Å²) >= 11 is 11.9. The maximum Gasteiger partial charge on any atom is 0.338 e. The van der Waals surface area contributed by atoms with E-state index in [9.17, 15) is 19.2 Å². The molecule has 2 amide bonds. The van der Waals surface area contributed by atoms with Crippen LogP contribution in [0.15, 0.2) is 72.8 Å². The molecule has 0 spiro atoms. The monoisotopic (exact) mass is 524 g/mol. The van der Waals surface area contributed by atoms with Crippen molar-refractivity contribution in [1.82, 2.24) is 5.32 Å². The standard InChI is InChI=1S/C27H22Cl2N2O5/c28-19-9-5-17(6-10-19)13-14-30-23-15-25(33)31(26(23)34)20-11-7-18(8-12-20)27(35)36-16-24(32)21-3-1-2-4-22(21)29/h1-12,23,30H,13-16H2. The number of nitrogens with zero attached hydrogens (tertiary/aromatic N) is 1. The number of amides is 2. The number of esters is 1. The maximum atomic E-state index is 12.8. The summed E-state index contributed by atoms with van der Waals surface area (Å²) in [4.78, 5) is 51.1. The van der Waals surface area contributed by atoms with Crippen molar-refractivity contribution in [2.24, 2.45) is 0 Å². The molecule has 7 nitrogen and oxygen atoms in total. The van der Waals surface area contributed by atoms with Crippen molar-refractivity contribution in [2.45, 2.75) is 18.9 Å². The van der Waals surface area contributed by atoms with Gasteiger partial charge in [-0.05, 0) is 67.1 Å². The predicted molar refractivity (Wildman–Crippen MR) is 137 cm³/mol. The van der Waals surface area contributed by atoms with E-state index in [0.717, 1.165) is 10.5 Å². The molecule has 9 heteroatoms. The summed E-state index contributed by atoms with van der Waals surface area (Å²) in [6.45, 7) is 0.0631. The van der Waals surface area contributed by atoms with Crippen LogP contribution in [-0.2, 0) is 20.7 Å². The van der Waals surface area contributed by atoms with Crippen LogP contribution in [0.1, 0.15) is 32.7 Å². The van der Waals surface area contributed by atoms with Gasteiger partial charge in [-0.15, -0.1) is 0 Å². The second kappa shape index (κ2) is 11.5. The molecule has 1 saturated heterocycles. The van der Waals surface area contributed by atoms with Gasteiger partial charge in [-0.1, -0.05) is 47.5 Å². The largest absolute Gasteiger partial charge is 0.454 e. The first-order valence-corrected chi connectivity index (χ1v) is 12.0. The van der Waals surface area contributed by atoms with E-state index in [1.165, 1.54) is 24.3 Å². The highest BCUT2D eigenvalue weighted by Crippen LogP contribution is 2.24. The molecule has 0 aliphatic carbocycles. The van der Waals surface area contributed by atoms with E-state index >= 15 is 0 Å². The first-order valence-electron chi connectivity index (χ1n) is 11.2. The lowest BCUT2D eigenvalue weighted by Crippen LogP contribution is -2.39. The normalized spacial score (nSPS) is 15.3. The van der Waals surface area contributed by atoms with Crippen molar-refractivity contribution in [3.8, 4) is 0 Å². The Balaban J connectivity index is 1.31. The Morgan fingerprint density at radius 1 is 0.944 bits per heavy atom. The average Bonchev–Trinajstić information content (AvgIpc) is 3.16. The van der Waals surface area contributed by atoms with Gasteiger partial charge in [-0.2, -0.15) is 0 Å². The number of ether oxygens (including phenoxy) is 1. The van der Waals surface area contributed by atoms with Gasteiger partial charge >= 0.3 is 5.97 Å². The molecule has 1 N–H and O–H groups in total. The van der Waals surface area contributed by atoms with Crippen molar-refractivity contribution in [2.75, 3.05) is 18.1 Å². The highest BCUT2D eigenvalue weighted by atomic mass is 35.5. The number of imide groups is 1. The van der Waals surface area contributed by atoms with Crippen LogP contribution >= 0.6 is 23.2 Å². The molecule has 1 aliphatic rings. The van der Waals surface area contributed by atoms with Gasteiger partial charge in [-0.3, -0.25) is 14.4 Å². The van der Waals surface area contributed by atoms with Crippen molar-refractivity contribution < 1.29 is 23.9 Å². The molecule has 1 heterocycles. The summed E-state index contributed by atoms with van der Waals surface area (Å²) in [5.74, 6) is -1.81. The summed E-state index contributed by atoms with van der Waals surface area (Å²) < 4.78 is 5.10. The van der Waals surface area contributed by atoms with Gasteiger partial charge < -0.3 is 10.1 Å². The summed E-state index contributed by atoms with van der Waals surface area (Å²) in [6.07, 6.45) is 0.734. The minimum Gasteiger partial charge on any atom is -0.454 e. The van der Waals surface area contributed by atoms with Crippen molar-refractivity contribution in [1.29, 1.82) is 0 Å². The molecule has 1 unspecified atom stereocenters. The number of carbonyl (C=O) groups is 4. The van der Waals surface area contributed by atoms with Crippen LogP contribution in [0, 0.1) is 0 Å². The second-order valence-corrected chi connectivity index (χ2v) is 9.02. The second-order valence-electron chi connectivity index (χ2n) is 8.18. The number of hydrogen-bond donors (Lipinski definition) is 1. The third-order valence-corrected chi connectivity index (χ3v) is 6.32. The summed E-state index contributed by atoms with van der Waals surface area (Å²) in [6, 6.07) is 19.2. The van der Waals surface area contributed by atoms with Gasteiger partial charge in [-0.25, -0.2) is 9.69 Å². The first-order chi connectivity index (χ1) is 17.3. The SMILES string of the molecule is O=C(OCC(=O)c1ccccc1Cl)c1ccc(N2C(=O)CC(NCCc3ccc(Cl)cc3)C2=O)cc1. The van der Waals surface area contributed by atoms with E-state index in [4.69, 9.17) is 27.9 Å². The van der Waals surface area contributed by atoms with Crippen molar-refractivity contribution in [3.63, 3.8) is 0 Å². The number of carbonyl (C=O) groups excluding carboxylic acids is 4. The molecule has 4 rings (SSSR count). The van der Waals surface area contributed by atoms with Crippen LogP contribution in [0.2, 0.25) is 10.0 Å². The maximum absolute atomic E-state index is 12.8. The third-order valence-electron chi connectivity index (χ3n) is 5.73. The Morgan fingerprint density at radius 2 is 1.64 bits per heavy atom. The molecular weight excluding hydrogens is 503 g/mol. The van der Waals surface area contributed by atoms with Crippen LogP contribution in [-0.4, -0.2) is 42.8 Å². The molecule has 36 heavy (non-hydrogen) atoms. The van der Waals surface area contributed by atoms with E-state index in [1.807, 2.05) is 12.1 Å². The molecule has 1 aliphatic heterocycles. The molecular formula is C27H22Cl2N2O5. The number of ketones is 1. The minimum atomic E-state index is -0.706. The van der Waals surface area contributed by atoms with Crippen LogP contribution < -0.4 is 10.2 Å². The third kappa shape index (κ3) is 5.99. The summed E-state index contributed by atoms with van der Waals surface area (Å²) in [5, 5.41) is 4.07. The number of anilines is 1. The lowest BCUT2D eigenvalue weighted by Gasteiger charge is -2.16. The zero-order chi connectivity index (χ0) is 25.7. The van der Waals surface area contributed by atoms with E-state index in [-0.39, 0.29) is 34.4 Å². The van der Waals surface area contributed by atoms with E-state index in [2.05, 4.69) is 5.32 Å². The van der Waals surface area contributed by atoms with Crippen LogP contribution in [0.5, 0.6) is 0 Å². The fourth-order valence-electron chi connectivity index (χ4n) is 3.83. The Bertz CT molecular complexity index is 1290. The lowest BCUT2D eigenvalue weighted by atomic mass is 10.1. The average molecular weight is 525 g/mol. The van der Waals surface area contributed by atoms with E-state index < -0.39 is 24.4 Å². The highest BCUT2D eigenvalue weighted by Gasteiger charge is 2.39. The predicted octanol–water partition coefficient (Wildman–Crippen LogP) is 4.50. The molecule has 3 aromatic carbocycles. The molecule has 3 aromatic rings. The molecule has 1 fully saturated rings. The van der Waals surface area contributed by atoms with Gasteiger partial charge in [0.1, 0.15) is 0 Å². The van der Waals surface area contributed by atoms with Gasteiger partial charge in [0.2, 0.25) is 11.7 Å². The van der Waals surface area contributed by atoms with Gasteiger partial charge in [0, 0.05) is 10.6 Å². The number of benzene rings is 3. The molecule has 0 aromatic heterocycles. The Kier molecular flexibility index (Phi) is 8.15. The van der Waals surface area contributed by atoms with Crippen molar-refractivity contribution >= 4 is 52.5 Å². The van der Waals surface area contributed by atoms with Gasteiger partial charge in [0.15, 0.2) is 6.61 Å².